The molecule has 1 N–H and O–H groups in total. The van der Waals surface area contributed by atoms with Gasteiger partial charge < -0.3 is 4.72 Å². The molecule has 0 aliphatic rings. The van der Waals surface area contributed by atoms with Crippen LogP contribution in [-0.4, -0.2) is 21.5 Å². The molecule has 4 nitrogen and oxygen atoms in total. The van der Waals surface area contributed by atoms with Crippen molar-refractivity contribution in [2.75, 3.05) is 10.5 Å². The predicted octanol–water partition coefficient (Wildman–Crippen LogP) is 5.06. The van der Waals surface area contributed by atoms with Crippen LogP contribution in [0.5, 0.6) is 0 Å². The third-order valence-electron chi connectivity index (χ3n) is 3.80. The number of aryl methyl sites for hydroxylation is 1. The third-order valence-corrected chi connectivity index (χ3v) is 4.77. The second-order valence-corrected chi connectivity index (χ2v) is 6.80. The molecule has 0 radical (unpaired) electrons. The van der Waals surface area contributed by atoms with Crippen molar-refractivity contribution in [3.05, 3.63) is 64.7 Å². The minimum Gasteiger partial charge on any atom is -0.327 e. The van der Waals surface area contributed by atoms with E-state index in [-0.39, 0.29) is 11.3 Å². The molecule has 0 bridgehead atoms. The molecule has 0 aliphatic carbocycles. The number of benzene rings is 2. The Kier molecular flexibility index (Phi) is 5.65. The van der Waals surface area contributed by atoms with Gasteiger partial charge in [-0.25, -0.2) is 18.2 Å². The van der Waals surface area contributed by atoms with Crippen LogP contribution < -0.4 is 4.72 Å². The molecule has 8 heteroatoms. The summed E-state index contributed by atoms with van der Waals surface area (Å²) >= 11 is 1.15. The van der Waals surface area contributed by atoms with E-state index in [0.29, 0.717) is 28.5 Å². The fraction of sp³-hybridized carbons (Fsp3) is 0.211. The van der Waals surface area contributed by atoms with Crippen molar-refractivity contribution < 1.29 is 18.0 Å². The van der Waals surface area contributed by atoms with Crippen LogP contribution in [0.2, 0.25) is 0 Å². The summed E-state index contributed by atoms with van der Waals surface area (Å²) in [5.74, 6) is -4.25. The molecule has 140 valence electrons. The zero-order valence-electron chi connectivity index (χ0n) is 14.6. The highest BCUT2D eigenvalue weighted by molar-refractivity contribution is 8.00. The topological polar surface area (TPSA) is 54.9 Å². The highest BCUT2D eigenvalue weighted by Gasteiger charge is 2.25. The lowest BCUT2D eigenvalue weighted by Gasteiger charge is -2.11. The Morgan fingerprint density at radius 3 is 2.67 bits per heavy atom. The number of halogens is 3. The largest absolute Gasteiger partial charge is 0.327 e. The highest BCUT2D eigenvalue weighted by atomic mass is 32.2. The van der Waals surface area contributed by atoms with Crippen LogP contribution in [0.25, 0.3) is 11.0 Å². The number of carbonyl (C=O) groups excluding carboxylic acids is 1. The summed E-state index contributed by atoms with van der Waals surface area (Å²) in [4.78, 5) is 21.1. The van der Waals surface area contributed by atoms with Crippen molar-refractivity contribution in [3.8, 4) is 0 Å². The molecule has 27 heavy (non-hydrogen) atoms. The lowest BCUT2D eigenvalue weighted by atomic mass is 10.0. The van der Waals surface area contributed by atoms with Crippen molar-refractivity contribution in [2.45, 2.75) is 20.3 Å². The van der Waals surface area contributed by atoms with Gasteiger partial charge in [-0.05, 0) is 31.5 Å². The Hall–Kier alpha value is -2.61. The van der Waals surface area contributed by atoms with Crippen molar-refractivity contribution in [1.82, 2.24) is 9.97 Å². The summed E-state index contributed by atoms with van der Waals surface area (Å²) in [6.45, 7) is 3.66. The van der Waals surface area contributed by atoms with Crippen LogP contribution >= 0.6 is 11.9 Å². The van der Waals surface area contributed by atoms with Gasteiger partial charge in [-0.15, -0.1) is 0 Å². The molecule has 0 spiro atoms. The summed E-state index contributed by atoms with van der Waals surface area (Å²) in [5.41, 5.74) is 0.375. The molecule has 0 amide bonds. The Bertz CT molecular complexity index is 1030. The van der Waals surface area contributed by atoms with Crippen molar-refractivity contribution in [1.29, 1.82) is 0 Å². The van der Waals surface area contributed by atoms with E-state index in [4.69, 9.17) is 0 Å². The van der Waals surface area contributed by atoms with Crippen molar-refractivity contribution in [3.63, 3.8) is 0 Å². The van der Waals surface area contributed by atoms with E-state index in [1.54, 1.807) is 13.1 Å². The van der Waals surface area contributed by atoms with Gasteiger partial charge in [0.15, 0.2) is 23.2 Å². The lowest BCUT2D eigenvalue weighted by molar-refractivity contribution is 0.103. The molecule has 0 aliphatic heterocycles. The van der Waals surface area contributed by atoms with E-state index in [0.717, 1.165) is 18.4 Å². The van der Waals surface area contributed by atoms with E-state index < -0.39 is 28.8 Å². The van der Waals surface area contributed by atoms with Gasteiger partial charge in [0, 0.05) is 23.6 Å². The number of nitrogens with zero attached hydrogens (tertiary/aromatic N) is 2. The van der Waals surface area contributed by atoms with Crippen LogP contribution in [0.1, 0.15) is 35.0 Å². The van der Waals surface area contributed by atoms with E-state index in [1.807, 2.05) is 6.92 Å². The minimum atomic E-state index is -1.51. The maximum absolute atomic E-state index is 14.7. The van der Waals surface area contributed by atoms with E-state index in [1.165, 1.54) is 18.2 Å². The number of ketones is 1. The lowest BCUT2D eigenvalue weighted by Crippen LogP contribution is -2.11. The van der Waals surface area contributed by atoms with Gasteiger partial charge in [-0.3, -0.25) is 9.78 Å². The summed E-state index contributed by atoms with van der Waals surface area (Å²) < 4.78 is 45.5. The SMILES string of the molecule is CCCSNc1cc(F)c(F)c(C(=O)c2ccc3ncc(C)nc3c2)c1F. The molecular weight excluding hydrogens is 375 g/mol. The highest BCUT2D eigenvalue weighted by Crippen LogP contribution is 2.28. The molecule has 0 saturated heterocycles. The van der Waals surface area contributed by atoms with Gasteiger partial charge in [-0.1, -0.05) is 18.9 Å². The normalized spacial score (nSPS) is 11.0. The van der Waals surface area contributed by atoms with Crippen molar-refractivity contribution in [2.24, 2.45) is 0 Å². The molecule has 0 unspecified atom stereocenters. The second-order valence-electron chi connectivity index (χ2n) is 5.90. The second kappa shape index (κ2) is 7.96. The molecule has 3 rings (SSSR count). The number of hydrogen-bond acceptors (Lipinski definition) is 5. The van der Waals surface area contributed by atoms with Crippen LogP contribution in [0.15, 0.2) is 30.5 Å². The fourth-order valence-electron chi connectivity index (χ4n) is 2.50. The summed E-state index contributed by atoms with van der Waals surface area (Å²) in [6, 6.07) is 5.01. The van der Waals surface area contributed by atoms with Crippen LogP contribution in [0.3, 0.4) is 0 Å². The van der Waals surface area contributed by atoms with Crippen molar-refractivity contribution >= 4 is 34.5 Å². The maximum atomic E-state index is 14.7. The average Bonchev–Trinajstić information content (AvgIpc) is 2.65. The van der Waals surface area contributed by atoms with E-state index in [9.17, 15) is 18.0 Å². The number of aromatic nitrogens is 2. The average molecular weight is 391 g/mol. The Morgan fingerprint density at radius 1 is 1.15 bits per heavy atom. The number of hydrogen-bond donors (Lipinski definition) is 1. The zero-order valence-corrected chi connectivity index (χ0v) is 15.5. The Labute approximate surface area is 158 Å². The minimum absolute atomic E-state index is 0.00189. The Balaban J connectivity index is 2.05. The van der Waals surface area contributed by atoms with Crippen LogP contribution in [-0.2, 0) is 0 Å². The third kappa shape index (κ3) is 3.90. The molecule has 1 aromatic heterocycles. The zero-order chi connectivity index (χ0) is 19.6. The fourth-order valence-corrected chi connectivity index (χ4v) is 3.11. The first kappa shape index (κ1) is 19.2. The van der Waals surface area contributed by atoms with Gasteiger partial charge in [0.2, 0.25) is 0 Å². The van der Waals surface area contributed by atoms with Crippen LogP contribution in [0, 0.1) is 24.4 Å². The monoisotopic (exact) mass is 391 g/mol. The molecule has 0 atom stereocenters. The quantitative estimate of drug-likeness (QED) is 0.276. The molecule has 0 saturated carbocycles. The van der Waals surface area contributed by atoms with Gasteiger partial charge in [0.1, 0.15) is 0 Å². The predicted molar refractivity (Wildman–Crippen MR) is 100 cm³/mol. The molecule has 0 fully saturated rings. The molecule has 3 aromatic rings. The van der Waals surface area contributed by atoms with E-state index >= 15 is 0 Å². The summed E-state index contributed by atoms with van der Waals surface area (Å²) in [6.07, 6.45) is 2.38. The number of rotatable bonds is 6. The number of anilines is 1. The maximum Gasteiger partial charge on any atom is 0.199 e. The first-order valence-corrected chi connectivity index (χ1v) is 9.24. The first-order chi connectivity index (χ1) is 12.9. The smallest absolute Gasteiger partial charge is 0.199 e. The van der Waals surface area contributed by atoms with Gasteiger partial charge in [0.25, 0.3) is 0 Å². The van der Waals surface area contributed by atoms with Crippen LogP contribution in [0.4, 0.5) is 18.9 Å². The number of carbonyl (C=O) groups is 1. The number of fused-ring (bicyclic) bond motifs is 1. The first-order valence-electron chi connectivity index (χ1n) is 8.25. The van der Waals surface area contributed by atoms with E-state index in [2.05, 4.69) is 14.7 Å². The Morgan fingerprint density at radius 2 is 1.93 bits per heavy atom. The van der Waals surface area contributed by atoms with Gasteiger partial charge in [0.05, 0.1) is 28.0 Å². The van der Waals surface area contributed by atoms with Gasteiger partial charge in [-0.2, -0.15) is 0 Å². The summed E-state index contributed by atoms with van der Waals surface area (Å²) in [5, 5.41) is 0. The van der Waals surface area contributed by atoms with Gasteiger partial charge >= 0.3 is 0 Å². The molecule has 2 aromatic carbocycles. The summed E-state index contributed by atoms with van der Waals surface area (Å²) in [7, 11) is 0. The molecule has 1 heterocycles. The standard InChI is InChI=1S/C19H16F3N3OS/c1-3-6-27-25-15-8-12(20)17(21)16(18(15)22)19(26)11-4-5-13-14(7-11)24-10(2)9-23-13/h4-5,7-9,25H,3,6H2,1-2H3. The molecular formula is C19H16F3N3OS. The number of nitrogens with one attached hydrogen (secondary N) is 1.